The predicted octanol–water partition coefficient (Wildman–Crippen LogP) is 5.42. The van der Waals surface area contributed by atoms with Crippen LogP contribution in [0.2, 0.25) is 0 Å². The van der Waals surface area contributed by atoms with Gasteiger partial charge in [0.15, 0.2) is 0 Å². The Morgan fingerprint density at radius 3 is 2.53 bits per heavy atom. The minimum absolute atomic E-state index is 0.0152. The summed E-state index contributed by atoms with van der Waals surface area (Å²) < 4.78 is 10.2. The van der Waals surface area contributed by atoms with Crippen molar-refractivity contribution in [3.8, 4) is 12.3 Å². The maximum atomic E-state index is 12.1. The number of ether oxygens (including phenoxy) is 1. The van der Waals surface area contributed by atoms with Crippen molar-refractivity contribution in [3.63, 3.8) is 0 Å². The summed E-state index contributed by atoms with van der Waals surface area (Å²) in [5.41, 5.74) is -0.526. The summed E-state index contributed by atoms with van der Waals surface area (Å²) in [5, 5.41) is 23.1. The van der Waals surface area contributed by atoms with Gasteiger partial charge in [0.25, 0.3) is 0 Å². The lowest BCUT2D eigenvalue weighted by Crippen LogP contribution is -2.69. The lowest BCUT2D eigenvalue weighted by atomic mass is 9.39. The fourth-order valence-electron chi connectivity index (χ4n) is 9.22. The van der Waals surface area contributed by atoms with Crippen molar-refractivity contribution in [2.45, 2.75) is 91.0 Å². The first-order chi connectivity index (χ1) is 16.0. The van der Waals surface area contributed by atoms with Crippen molar-refractivity contribution in [3.05, 3.63) is 0 Å². The van der Waals surface area contributed by atoms with Gasteiger partial charge >= 0.3 is 5.97 Å². The number of terminal acetylenes is 1. The van der Waals surface area contributed by atoms with E-state index in [1.165, 1.54) is 22.1 Å². The van der Waals surface area contributed by atoms with Crippen LogP contribution in [0.1, 0.15) is 73.1 Å². The quantitative estimate of drug-likeness (QED) is 0.147. The van der Waals surface area contributed by atoms with Gasteiger partial charge in [-0.1, -0.05) is 27.7 Å². The van der Waals surface area contributed by atoms with Gasteiger partial charge in [-0.25, -0.2) is 4.79 Å². The predicted molar refractivity (Wildman–Crippen MR) is 143 cm³/mol. The molecule has 5 rings (SSSR count). The van der Waals surface area contributed by atoms with Gasteiger partial charge in [-0.2, -0.15) is 0 Å². The molecule has 0 bridgehead atoms. The topological polar surface area (TPSA) is 76.0 Å². The molecule has 5 nitrogen and oxygen atoms in total. The highest BCUT2D eigenvalue weighted by Gasteiger charge is 2.74. The molecule has 2 N–H and O–H groups in total. The fourth-order valence-corrected chi connectivity index (χ4v) is 10.4. The van der Waals surface area contributed by atoms with E-state index in [1.807, 2.05) is 0 Å². The van der Waals surface area contributed by atoms with E-state index in [4.69, 9.17) is 4.18 Å². The van der Waals surface area contributed by atoms with Gasteiger partial charge in [0.1, 0.15) is 0 Å². The second-order valence-electron chi connectivity index (χ2n) is 12.1. The van der Waals surface area contributed by atoms with Crippen LogP contribution in [0.4, 0.5) is 0 Å². The van der Waals surface area contributed by atoms with Crippen molar-refractivity contribution in [2.75, 3.05) is 6.61 Å². The van der Waals surface area contributed by atoms with Crippen molar-refractivity contribution in [2.24, 2.45) is 52.3 Å². The van der Waals surface area contributed by atoms with E-state index < -0.39 is 11.6 Å². The molecule has 0 aromatic rings. The molecule has 12 atom stereocenters. The molecular weight excluding hydrogens is 563 g/mol. The van der Waals surface area contributed by atoms with Crippen LogP contribution >= 0.6 is 30.4 Å². The molecule has 5 saturated carbocycles. The number of aliphatic hydroxyl groups is 2. The third-order valence-corrected chi connectivity index (χ3v) is 12.1. The van der Waals surface area contributed by atoms with Crippen molar-refractivity contribution >= 4 is 36.4 Å². The van der Waals surface area contributed by atoms with Crippen LogP contribution in [-0.4, -0.2) is 40.6 Å². The van der Waals surface area contributed by atoms with Gasteiger partial charge in [0.2, 0.25) is 0 Å². The van der Waals surface area contributed by atoms with Crippen LogP contribution in [0.3, 0.4) is 0 Å². The minimum atomic E-state index is -0.628. The summed E-state index contributed by atoms with van der Waals surface area (Å²) in [6.07, 6.45) is 11.2. The average Bonchev–Trinajstić information content (AvgIpc) is 3.55. The molecular formula is C27H41IO5S. The fraction of sp³-hybridized carbons (Fsp3) is 0.889. The summed E-state index contributed by atoms with van der Waals surface area (Å²) in [7, 11) is 1.42. The molecule has 11 unspecified atom stereocenters. The number of carbonyl (C=O) groups is 1. The van der Waals surface area contributed by atoms with Gasteiger partial charge in [0.05, 0.1) is 33.6 Å². The van der Waals surface area contributed by atoms with Gasteiger partial charge in [-0.05, 0) is 91.3 Å². The standard InChI is InChI=1S/C22H35IO3S.C5H6O2/c1-11-12(2)22(25)10-13(26-27-23)5-8-21(22,4)16-6-7-20(3)18(17(11)16)14-9-15(14)19(20)24;1-3-5(6)7-4-2/h11-19,24-25H,5-10H2,1-4H3;1H,4H2,2H3/t11?,12-,13?,14?,15?,16?,17?,18?,19?,20?,21?,22?;/m1./s1. The van der Waals surface area contributed by atoms with E-state index >= 15 is 0 Å². The highest BCUT2D eigenvalue weighted by molar-refractivity contribution is 14.2. The van der Waals surface area contributed by atoms with E-state index in [2.05, 4.69) is 60.1 Å². The van der Waals surface area contributed by atoms with Crippen molar-refractivity contribution in [1.29, 1.82) is 0 Å². The van der Waals surface area contributed by atoms with Crippen LogP contribution in [0.5, 0.6) is 0 Å². The van der Waals surface area contributed by atoms with Gasteiger partial charge in [-0.3, -0.25) is 0 Å². The Bertz CT molecular complexity index is 832. The Hall–Kier alpha value is -0.0100. The summed E-state index contributed by atoms with van der Waals surface area (Å²) in [4.78, 5) is 9.95. The normalized spacial score (nSPS) is 52.5. The average molecular weight is 605 g/mol. The maximum absolute atomic E-state index is 12.1. The SMILES string of the molecule is C#CC(=O)OCC.CC1C2C3C4CC4C(O)C3(C)CCC2C2(C)CCC(OSI)CC2(O)[C@@H]1C. The highest BCUT2D eigenvalue weighted by Crippen LogP contribution is 2.75. The summed E-state index contributed by atoms with van der Waals surface area (Å²) in [6, 6.07) is 0. The number of aliphatic hydroxyl groups excluding tert-OH is 1. The smallest absolute Gasteiger partial charge is 0.384 e. The number of esters is 1. The Kier molecular flexibility index (Phi) is 7.71. The molecule has 34 heavy (non-hydrogen) atoms. The Morgan fingerprint density at radius 1 is 1.24 bits per heavy atom. The van der Waals surface area contributed by atoms with E-state index in [1.54, 1.807) is 12.8 Å². The molecule has 0 aromatic carbocycles. The zero-order valence-corrected chi connectivity index (χ0v) is 24.1. The molecule has 0 radical (unpaired) electrons. The summed E-state index contributed by atoms with van der Waals surface area (Å²) in [5.74, 6) is 5.23. The van der Waals surface area contributed by atoms with Crippen molar-refractivity contribution in [1.82, 2.24) is 0 Å². The number of halogens is 1. The molecule has 0 heterocycles. The van der Waals surface area contributed by atoms with Gasteiger partial charge < -0.3 is 19.1 Å². The second kappa shape index (κ2) is 9.70. The number of rotatable bonds is 3. The molecule has 5 aliphatic rings. The maximum Gasteiger partial charge on any atom is 0.384 e. The first kappa shape index (κ1) is 27.0. The lowest BCUT2D eigenvalue weighted by Gasteiger charge is -2.68. The zero-order chi connectivity index (χ0) is 25.1. The Balaban J connectivity index is 0.000000344. The number of hydrogen-bond donors (Lipinski definition) is 2. The third-order valence-electron chi connectivity index (χ3n) is 11.1. The molecule has 5 aliphatic carbocycles. The second-order valence-corrected chi connectivity index (χ2v) is 13.5. The number of fused-ring (bicyclic) bond motifs is 7. The monoisotopic (exact) mass is 604 g/mol. The van der Waals surface area contributed by atoms with Crippen LogP contribution in [0.15, 0.2) is 0 Å². The van der Waals surface area contributed by atoms with Crippen LogP contribution < -0.4 is 0 Å². The van der Waals surface area contributed by atoms with E-state index in [0.29, 0.717) is 36.2 Å². The van der Waals surface area contributed by atoms with Gasteiger partial charge in [0, 0.05) is 33.5 Å². The van der Waals surface area contributed by atoms with E-state index in [0.717, 1.165) is 31.6 Å². The number of carbonyl (C=O) groups excluding carboxylic acids is 1. The minimum Gasteiger partial charge on any atom is -0.456 e. The van der Waals surface area contributed by atoms with Crippen LogP contribution in [0.25, 0.3) is 0 Å². The molecule has 5 fully saturated rings. The Morgan fingerprint density at radius 2 is 1.94 bits per heavy atom. The van der Waals surface area contributed by atoms with Crippen molar-refractivity contribution < 1.29 is 23.9 Å². The lowest BCUT2D eigenvalue weighted by molar-refractivity contribution is -0.263. The van der Waals surface area contributed by atoms with Crippen LogP contribution in [0, 0.1) is 64.6 Å². The Labute approximate surface area is 221 Å². The first-order valence-electron chi connectivity index (χ1n) is 13.0. The molecule has 192 valence electrons. The molecule has 0 aliphatic heterocycles. The number of hydrogen-bond acceptors (Lipinski definition) is 6. The molecule has 0 spiro atoms. The molecule has 0 amide bonds. The first-order valence-corrected chi connectivity index (χ1v) is 16.3. The summed E-state index contributed by atoms with van der Waals surface area (Å²) in [6.45, 7) is 11.6. The van der Waals surface area contributed by atoms with Gasteiger partial charge in [-0.15, -0.1) is 6.42 Å². The molecule has 0 saturated heterocycles. The van der Waals surface area contributed by atoms with Crippen LogP contribution in [-0.2, 0) is 13.7 Å². The molecule has 7 heteroatoms. The zero-order valence-electron chi connectivity index (χ0n) is 21.1. The summed E-state index contributed by atoms with van der Waals surface area (Å²) >= 11 is 2.20. The largest absolute Gasteiger partial charge is 0.456 e. The van der Waals surface area contributed by atoms with E-state index in [-0.39, 0.29) is 29.0 Å². The third kappa shape index (κ3) is 3.97. The molecule has 0 aromatic heterocycles. The highest BCUT2D eigenvalue weighted by atomic mass is 127. The van der Waals surface area contributed by atoms with E-state index in [9.17, 15) is 15.0 Å².